The number of aromatic amines is 1. The summed E-state index contributed by atoms with van der Waals surface area (Å²) in [5, 5.41) is 4.31. The van der Waals surface area contributed by atoms with Crippen LogP contribution >= 0.6 is 11.6 Å². The van der Waals surface area contributed by atoms with Gasteiger partial charge in [-0.2, -0.15) is 5.10 Å². The van der Waals surface area contributed by atoms with Crippen molar-refractivity contribution in [3.05, 3.63) is 46.7 Å². The zero-order chi connectivity index (χ0) is 13.9. The van der Waals surface area contributed by atoms with Gasteiger partial charge in [-0.3, -0.25) is 4.79 Å². The van der Waals surface area contributed by atoms with Crippen LogP contribution in [0.1, 0.15) is 16.1 Å². The van der Waals surface area contributed by atoms with Gasteiger partial charge >= 0.3 is 0 Å². The third-order valence-electron chi connectivity index (χ3n) is 2.67. The lowest BCUT2D eigenvalue weighted by molar-refractivity contribution is 0.0951. The highest BCUT2D eigenvalue weighted by molar-refractivity contribution is 6.32. The number of carbonyl (C=O) groups excluding carboxylic acids is 1. The minimum atomic E-state index is -0.321. The van der Waals surface area contributed by atoms with E-state index in [0.717, 1.165) is 0 Å². The third kappa shape index (κ3) is 2.46. The highest BCUT2D eigenvalue weighted by atomic mass is 35.5. The van der Waals surface area contributed by atoms with Gasteiger partial charge in [0.2, 0.25) is 6.79 Å². The Bertz CT molecular complexity index is 668. The normalized spacial score (nSPS) is 12.8. The minimum absolute atomic E-state index is 0.152. The molecule has 1 aromatic carbocycles. The van der Waals surface area contributed by atoms with Crippen molar-refractivity contribution in [1.82, 2.24) is 10.4 Å². The Morgan fingerprint density at radius 2 is 2.35 bits per heavy atom. The summed E-state index contributed by atoms with van der Waals surface area (Å²) in [6, 6.07) is 6.80. The van der Waals surface area contributed by atoms with Gasteiger partial charge in [0.25, 0.3) is 5.91 Å². The molecule has 0 aliphatic carbocycles. The molecule has 0 radical (unpaired) electrons. The highest BCUT2D eigenvalue weighted by Gasteiger charge is 2.17. The second-order valence-electron chi connectivity index (χ2n) is 4.02. The Morgan fingerprint density at radius 3 is 3.15 bits per heavy atom. The Kier molecular flexibility index (Phi) is 3.30. The molecular formula is C13H10ClN3O3. The molecule has 2 heterocycles. The van der Waals surface area contributed by atoms with E-state index in [4.69, 9.17) is 21.1 Å². The highest BCUT2D eigenvalue weighted by Crippen LogP contribution is 2.39. The summed E-state index contributed by atoms with van der Waals surface area (Å²) in [6.45, 7) is 0.152. The van der Waals surface area contributed by atoms with Gasteiger partial charge in [0.15, 0.2) is 11.5 Å². The molecule has 102 valence electrons. The lowest BCUT2D eigenvalue weighted by Crippen LogP contribution is -2.17. The number of hydrogen-bond donors (Lipinski definition) is 2. The lowest BCUT2D eigenvalue weighted by atomic mass is 10.2. The molecule has 0 bridgehead atoms. The molecule has 2 aromatic rings. The van der Waals surface area contributed by atoms with Crippen molar-refractivity contribution in [2.24, 2.45) is 5.10 Å². The summed E-state index contributed by atoms with van der Waals surface area (Å²) >= 11 is 6.04. The van der Waals surface area contributed by atoms with E-state index < -0.39 is 0 Å². The molecule has 6 nitrogen and oxygen atoms in total. The number of nitrogens with one attached hydrogen (secondary N) is 2. The summed E-state index contributed by atoms with van der Waals surface area (Å²) in [5.41, 5.74) is 3.54. The standard InChI is InChI=1S/C13H10ClN3O3/c14-9-4-8(5-11-12(9)20-7-19-11)6-16-17-13(18)10-2-1-3-15-10/h1-6,15H,7H2,(H,17,18)/b16-6-. The van der Waals surface area contributed by atoms with E-state index in [9.17, 15) is 4.79 Å². The number of halogens is 1. The topological polar surface area (TPSA) is 75.7 Å². The molecule has 2 N–H and O–H groups in total. The smallest absolute Gasteiger partial charge is 0.287 e. The van der Waals surface area contributed by atoms with Crippen molar-refractivity contribution < 1.29 is 14.3 Å². The van der Waals surface area contributed by atoms with Gasteiger partial charge in [-0.1, -0.05) is 11.6 Å². The summed E-state index contributed by atoms with van der Waals surface area (Å²) in [4.78, 5) is 14.4. The van der Waals surface area contributed by atoms with Gasteiger partial charge < -0.3 is 14.5 Å². The maximum atomic E-state index is 11.6. The van der Waals surface area contributed by atoms with E-state index in [1.807, 2.05) is 0 Å². The van der Waals surface area contributed by atoms with Crippen molar-refractivity contribution in [3.63, 3.8) is 0 Å². The van der Waals surface area contributed by atoms with Crippen LogP contribution in [0.3, 0.4) is 0 Å². The van der Waals surface area contributed by atoms with Gasteiger partial charge in [-0.05, 0) is 29.8 Å². The fourth-order valence-corrected chi connectivity index (χ4v) is 2.03. The van der Waals surface area contributed by atoms with Crippen molar-refractivity contribution >= 4 is 23.7 Å². The number of amides is 1. The summed E-state index contributed by atoms with van der Waals surface area (Å²) in [6.07, 6.45) is 3.14. The largest absolute Gasteiger partial charge is 0.454 e. The summed E-state index contributed by atoms with van der Waals surface area (Å²) in [7, 11) is 0. The lowest BCUT2D eigenvalue weighted by Gasteiger charge is -2.01. The second-order valence-corrected chi connectivity index (χ2v) is 4.43. The molecule has 0 fully saturated rings. The average Bonchev–Trinajstić information content (AvgIpc) is 3.09. The van der Waals surface area contributed by atoms with Crippen LogP contribution < -0.4 is 14.9 Å². The monoisotopic (exact) mass is 291 g/mol. The van der Waals surface area contributed by atoms with Crippen molar-refractivity contribution in [2.75, 3.05) is 6.79 Å². The minimum Gasteiger partial charge on any atom is -0.454 e. The molecule has 0 saturated heterocycles. The van der Waals surface area contributed by atoms with Crippen molar-refractivity contribution in [3.8, 4) is 11.5 Å². The van der Waals surface area contributed by atoms with Crippen LogP contribution in [0.25, 0.3) is 0 Å². The first kappa shape index (κ1) is 12.6. The number of benzene rings is 1. The van der Waals surface area contributed by atoms with Crippen LogP contribution in [0.5, 0.6) is 11.5 Å². The van der Waals surface area contributed by atoms with Crippen LogP contribution in [0.2, 0.25) is 5.02 Å². The van der Waals surface area contributed by atoms with Crippen LogP contribution in [0, 0.1) is 0 Å². The van der Waals surface area contributed by atoms with Crippen LogP contribution in [-0.4, -0.2) is 23.9 Å². The molecule has 1 aliphatic heterocycles. The van der Waals surface area contributed by atoms with E-state index in [1.54, 1.807) is 30.5 Å². The summed E-state index contributed by atoms with van der Waals surface area (Å²) in [5.74, 6) is 0.770. The van der Waals surface area contributed by atoms with E-state index in [-0.39, 0.29) is 12.7 Å². The predicted octanol–water partition coefficient (Wildman–Crippen LogP) is 2.16. The molecule has 20 heavy (non-hydrogen) atoms. The van der Waals surface area contributed by atoms with E-state index in [0.29, 0.717) is 27.8 Å². The maximum Gasteiger partial charge on any atom is 0.287 e. The Morgan fingerprint density at radius 1 is 1.45 bits per heavy atom. The van der Waals surface area contributed by atoms with Gasteiger partial charge in [0.05, 0.1) is 11.2 Å². The number of hydrazone groups is 1. The zero-order valence-electron chi connectivity index (χ0n) is 10.2. The molecule has 1 amide bonds. The molecule has 1 aliphatic rings. The van der Waals surface area contributed by atoms with Crippen molar-refractivity contribution in [2.45, 2.75) is 0 Å². The molecular weight excluding hydrogens is 282 g/mol. The summed E-state index contributed by atoms with van der Waals surface area (Å²) < 4.78 is 10.4. The van der Waals surface area contributed by atoms with Crippen LogP contribution in [0.4, 0.5) is 0 Å². The average molecular weight is 292 g/mol. The number of carbonyl (C=O) groups is 1. The van der Waals surface area contributed by atoms with Gasteiger partial charge in [-0.15, -0.1) is 0 Å². The quantitative estimate of drug-likeness (QED) is 0.672. The Hall–Kier alpha value is -2.47. The van der Waals surface area contributed by atoms with E-state index in [2.05, 4.69) is 15.5 Å². The Balaban J connectivity index is 1.70. The van der Waals surface area contributed by atoms with Crippen LogP contribution in [-0.2, 0) is 0 Å². The first-order valence-electron chi connectivity index (χ1n) is 5.80. The Labute approximate surface area is 119 Å². The first-order valence-corrected chi connectivity index (χ1v) is 6.18. The number of hydrogen-bond acceptors (Lipinski definition) is 4. The number of H-pyrrole nitrogens is 1. The van der Waals surface area contributed by atoms with Crippen LogP contribution in [0.15, 0.2) is 35.6 Å². The molecule has 7 heteroatoms. The molecule has 0 unspecified atom stereocenters. The van der Waals surface area contributed by atoms with E-state index >= 15 is 0 Å². The maximum absolute atomic E-state index is 11.6. The number of nitrogens with zero attached hydrogens (tertiary/aromatic N) is 1. The number of aromatic nitrogens is 1. The molecule has 0 atom stereocenters. The predicted molar refractivity (Wildman–Crippen MR) is 73.4 cm³/mol. The molecule has 1 aromatic heterocycles. The molecule has 0 spiro atoms. The fraction of sp³-hybridized carbons (Fsp3) is 0.0769. The zero-order valence-corrected chi connectivity index (χ0v) is 11.0. The fourth-order valence-electron chi connectivity index (χ4n) is 1.76. The van der Waals surface area contributed by atoms with E-state index in [1.165, 1.54) is 6.21 Å². The number of fused-ring (bicyclic) bond motifs is 1. The third-order valence-corrected chi connectivity index (χ3v) is 2.95. The number of ether oxygens (including phenoxy) is 2. The first-order chi connectivity index (χ1) is 9.74. The molecule has 0 saturated carbocycles. The van der Waals surface area contributed by atoms with Gasteiger partial charge in [0, 0.05) is 6.20 Å². The van der Waals surface area contributed by atoms with Crippen molar-refractivity contribution in [1.29, 1.82) is 0 Å². The molecule has 3 rings (SSSR count). The second kappa shape index (κ2) is 5.26. The van der Waals surface area contributed by atoms with Gasteiger partial charge in [0.1, 0.15) is 5.69 Å². The van der Waals surface area contributed by atoms with Gasteiger partial charge in [-0.25, -0.2) is 5.43 Å². The number of rotatable bonds is 3. The SMILES string of the molecule is O=C(N/N=C\c1cc(Cl)c2c(c1)OCO2)c1ccc[nH]1.